The van der Waals surface area contributed by atoms with Gasteiger partial charge in [0.25, 0.3) is 0 Å². The molecular formula is C10H18BrNO3. The topological polar surface area (TPSA) is 46.6 Å². The Labute approximate surface area is 99.1 Å². The number of likely N-dealkylation sites (N-methyl/N-ethyl adjacent to an activating group) is 1. The van der Waals surface area contributed by atoms with E-state index >= 15 is 0 Å². The summed E-state index contributed by atoms with van der Waals surface area (Å²) in [4.78, 5) is 24.1. The molecule has 0 aliphatic carbocycles. The Morgan fingerprint density at radius 3 is 2.47 bits per heavy atom. The van der Waals surface area contributed by atoms with Gasteiger partial charge in [-0.2, -0.15) is 0 Å². The summed E-state index contributed by atoms with van der Waals surface area (Å²) in [5.74, 6) is -0.352. The van der Waals surface area contributed by atoms with Crippen molar-refractivity contribution >= 4 is 27.8 Å². The van der Waals surface area contributed by atoms with Crippen molar-refractivity contribution in [3.63, 3.8) is 0 Å². The predicted molar refractivity (Wildman–Crippen MR) is 61.9 cm³/mol. The number of carbonyl (C=O) groups excluding carboxylic acids is 2. The summed E-state index contributed by atoms with van der Waals surface area (Å²) in [5.41, 5.74) is 0. The number of halogens is 1. The lowest BCUT2D eigenvalue weighted by Gasteiger charge is -2.19. The third-order valence-electron chi connectivity index (χ3n) is 2.06. The van der Waals surface area contributed by atoms with E-state index in [0.717, 1.165) is 18.2 Å². The summed E-state index contributed by atoms with van der Waals surface area (Å²) < 4.78 is 4.52. The normalized spacial score (nSPS) is 9.80. The molecule has 0 aromatic carbocycles. The summed E-state index contributed by atoms with van der Waals surface area (Å²) >= 11 is 3.31. The molecule has 0 radical (unpaired) electrons. The number of esters is 1. The molecular weight excluding hydrogens is 262 g/mol. The standard InChI is InChI=1S/C10H18BrNO3/c1-3-12(8-10(14)15-2)9(13)6-4-5-7-11/h3-8H2,1-2H3. The lowest BCUT2D eigenvalue weighted by Crippen LogP contribution is -2.35. The second-order valence-corrected chi connectivity index (χ2v) is 3.92. The van der Waals surface area contributed by atoms with Crippen molar-refractivity contribution in [3.05, 3.63) is 0 Å². The molecule has 15 heavy (non-hydrogen) atoms. The first kappa shape index (κ1) is 14.4. The summed E-state index contributed by atoms with van der Waals surface area (Å²) in [6.07, 6.45) is 2.32. The Morgan fingerprint density at radius 2 is 2.00 bits per heavy atom. The fraction of sp³-hybridized carbons (Fsp3) is 0.800. The van der Waals surface area contributed by atoms with Gasteiger partial charge in [0.05, 0.1) is 7.11 Å². The minimum Gasteiger partial charge on any atom is -0.468 e. The second-order valence-electron chi connectivity index (χ2n) is 3.13. The van der Waals surface area contributed by atoms with E-state index in [2.05, 4.69) is 20.7 Å². The van der Waals surface area contributed by atoms with Crippen LogP contribution in [-0.4, -0.2) is 42.3 Å². The van der Waals surface area contributed by atoms with Gasteiger partial charge in [-0.15, -0.1) is 0 Å². The van der Waals surface area contributed by atoms with Crippen LogP contribution in [0.3, 0.4) is 0 Å². The Morgan fingerprint density at radius 1 is 1.33 bits per heavy atom. The molecule has 0 unspecified atom stereocenters. The van der Waals surface area contributed by atoms with Crippen molar-refractivity contribution in [2.24, 2.45) is 0 Å². The van der Waals surface area contributed by atoms with Crippen molar-refractivity contribution in [3.8, 4) is 0 Å². The zero-order valence-corrected chi connectivity index (χ0v) is 10.9. The molecule has 0 spiro atoms. The number of nitrogens with zero attached hydrogens (tertiary/aromatic N) is 1. The molecule has 0 rings (SSSR count). The number of alkyl halides is 1. The van der Waals surface area contributed by atoms with Crippen LogP contribution >= 0.6 is 15.9 Å². The van der Waals surface area contributed by atoms with Crippen molar-refractivity contribution in [2.45, 2.75) is 26.2 Å². The van der Waals surface area contributed by atoms with Crippen LogP contribution in [0.25, 0.3) is 0 Å². The maximum atomic E-state index is 11.6. The van der Waals surface area contributed by atoms with Gasteiger partial charge in [-0.3, -0.25) is 9.59 Å². The molecule has 4 nitrogen and oxygen atoms in total. The average molecular weight is 280 g/mol. The molecule has 0 atom stereocenters. The highest BCUT2D eigenvalue weighted by Gasteiger charge is 2.14. The van der Waals surface area contributed by atoms with Crippen LogP contribution in [0.5, 0.6) is 0 Å². The van der Waals surface area contributed by atoms with Crippen molar-refractivity contribution in [1.82, 2.24) is 4.90 Å². The third kappa shape index (κ3) is 6.49. The van der Waals surface area contributed by atoms with Crippen molar-refractivity contribution in [1.29, 1.82) is 0 Å². The van der Waals surface area contributed by atoms with E-state index in [1.165, 1.54) is 12.0 Å². The van der Waals surface area contributed by atoms with E-state index in [0.29, 0.717) is 13.0 Å². The molecule has 0 fully saturated rings. The quantitative estimate of drug-likeness (QED) is 0.404. The zero-order chi connectivity index (χ0) is 11.7. The highest BCUT2D eigenvalue weighted by molar-refractivity contribution is 9.09. The van der Waals surface area contributed by atoms with Gasteiger partial charge >= 0.3 is 5.97 Å². The van der Waals surface area contributed by atoms with Crippen LogP contribution in [0, 0.1) is 0 Å². The number of hydrogen-bond donors (Lipinski definition) is 0. The van der Waals surface area contributed by atoms with E-state index < -0.39 is 0 Å². The van der Waals surface area contributed by atoms with Crippen LogP contribution in [0.1, 0.15) is 26.2 Å². The van der Waals surface area contributed by atoms with Gasteiger partial charge in [0, 0.05) is 18.3 Å². The number of amides is 1. The van der Waals surface area contributed by atoms with E-state index in [1.807, 2.05) is 6.92 Å². The molecule has 88 valence electrons. The van der Waals surface area contributed by atoms with E-state index in [1.54, 1.807) is 0 Å². The molecule has 0 heterocycles. The van der Waals surface area contributed by atoms with Crippen LogP contribution in [-0.2, 0) is 14.3 Å². The lowest BCUT2D eigenvalue weighted by molar-refractivity contribution is -0.146. The fourth-order valence-electron chi connectivity index (χ4n) is 1.13. The van der Waals surface area contributed by atoms with Crippen molar-refractivity contribution in [2.75, 3.05) is 25.5 Å². The van der Waals surface area contributed by atoms with Gasteiger partial charge in [-0.1, -0.05) is 15.9 Å². The molecule has 0 saturated heterocycles. The van der Waals surface area contributed by atoms with Gasteiger partial charge < -0.3 is 9.64 Å². The lowest BCUT2D eigenvalue weighted by atomic mass is 10.2. The number of rotatable bonds is 7. The van der Waals surface area contributed by atoms with Crippen LogP contribution < -0.4 is 0 Å². The first-order valence-corrected chi connectivity index (χ1v) is 6.18. The fourth-order valence-corrected chi connectivity index (χ4v) is 1.52. The smallest absolute Gasteiger partial charge is 0.325 e. The number of methoxy groups -OCH3 is 1. The molecule has 0 aliphatic rings. The van der Waals surface area contributed by atoms with E-state index in [4.69, 9.17) is 0 Å². The van der Waals surface area contributed by atoms with Gasteiger partial charge in [0.2, 0.25) is 5.91 Å². The first-order chi connectivity index (χ1) is 7.15. The Bertz CT molecular complexity index is 209. The van der Waals surface area contributed by atoms with Crippen LogP contribution in [0.2, 0.25) is 0 Å². The molecule has 0 N–H and O–H groups in total. The minimum atomic E-state index is -0.370. The number of hydrogen-bond acceptors (Lipinski definition) is 3. The molecule has 0 aromatic rings. The molecule has 0 saturated carbocycles. The summed E-state index contributed by atoms with van der Waals surface area (Å²) in [6, 6.07) is 0. The van der Waals surface area contributed by atoms with Crippen LogP contribution in [0.4, 0.5) is 0 Å². The molecule has 0 aromatic heterocycles. The van der Waals surface area contributed by atoms with Gasteiger partial charge in [0.15, 0.2) is 0 Å². The highest BCUT2D eigenvalue weighted by atomic mass is 79.9. The van der Waals surface area contributed by atoms with Gasteiger partial charge in [-0.05, 0) is 19.8 Å². The number of unbranched alkanes of at least 4 members (excludes halogenated alkanes) is 1. The molecule has 1 amide bonds. The largest absolute Gasteiger partial charge is 0.468 e. The molecule has 0 bridgehead atoms. The highest BCUT2D eigenvalue weighted by Crippen LogP contribution is 2.03. The van der Waals surface area contributed by atoms with E-state index in [-0.39, 0.29) is 18.4 Å². The average Bonchev–Trinajstić information content (AvgIpc) is 2.25. The summed E-state index contributed by atoms with van der Waals surface area (Å²) in [6.45, 7) is 2.45. The number of ether oxygens (including phenoxy) is 1. The minimum absolute atomic E-state index is 0.0175. The number of carbonyl (C=O) groups is 2. The maximum absolute atomic E-state index is 11.6. The predicted octanol–water partition coefficient (Wildman–Crippen LogP) is 1.57. The first-order valence-electron chi connectivity index (χ1n) is 5.06. The Hall–Kier alpha value is -0.580. The maximum Gasteiger partial charge on any atom is 0.325 e. The monoisotopic (exact) mass is 279 g/mol. The Balaban J connectivity index is 3.93. The van der Waals surface area contributed by atoms with Gasteiger partial charge in [0.1, 0.15) is 6.54 Å². The van der Waals surface area contributed by atoms with E-state index in [9.17, 15) is 9.59 Å². The summed E-state index contributed by atoms with van der Waals surface area (Å²) in [5, 5.41) is 0.906. The Kier molecular flexibility index (Phi) is 8.37. The second kappa shape index (κ2) is 8.71. The molecule has 0 aliphatic heterocycles. The van der Waals surface area contributed by atoms with Crippen molar-refractivity contribution < 1.29 is 14.3 Å². The summed E-state index contributed by atoms with van der Waals surface area (Å²) in [7, 11) is 1.32. The van der Waals surface area contributed by atoms with Crippen LogP contribution in [0.15, 0.2) is 0 Å². The van der Waals surface area contributed by atoms with Gasteiger partial charge in [-0.25, -0.2) is 0 Å². The molecule has 5 heteroatoms. The zero-order valence-electron chi connectivity index (χ0n) is 9.29. The SMILES string of the molecule is CCN(CC(=O)OC)C(=O)CCCCBr. The third-order valence-corrected chi connectivity index (χ3v) is 2.62.